The number of benzene rings is 1. The maximum absolute atomic E-state index is 12.4. The molecule has 2 heterocycles. The van der Waals surface area contributed by atoms with E-state index in [9.17, 15) is 9.59 Å². The van der Waals surface area contributed by atoms with Gasteiger partial charge in [0.1, 0.15) is 0 Å². The van der Waals surface area contributed by atoms with Gasteiger partial charge in [-0.15, -0.1) is 0 Å². The SMILES string of the molecule is Cc1ccc(NC(=O)NCCN(C2CCOCC2)C2CCN(C(=O)N(C)C)C2)c(C)c1. The highest BCUT2D eigenvalue weighted by molar-refractivity contribution is 5.90. The number of nitrogens with zero attached hydrogens (tertiary/aromatic N) is 3. The number of urea groups is 2. The van der Waals surface area contributed by atoms with E-state index in [2.05, 4.69) is 21.6 Å². The lowest BCUT2D eigenvalue weighted by molar-refractivity contribution is 0.0191. The Hall–Kier alpha value is -2.32. The first kappa shape index (κ1) is 23.3. The van der Waals surface area contributed by atoms with Crippen molar-refractivity contribution in [3.8, 4) is 0 Å². The van der Waals surface area contributed by atoms with Crippen LogP contribution in [0.4, 0.5) is 15.3 Å². The van der Waals surface area contributed by atoms with Crippen LogP contribution in [0.3, 0.4) is 0 Å². The molecule has 2 N–H and O–H groups in total. The lowest BCUT2D eigenvalue weighted by Gasteiger charge is -2.38. The lowest BCUT2D eigenvalue weighted by atomic mass is 10.0. The average molecular weight is 432 g/mol. The van der Waals surface area contributed by atoms with Crippen LogP contribution in [0.2, 0.25) is 0 Å². The van der Waals surface area contributed by atoms with Gasteiger partial charge in [0, 0.05) is 71.3 Å². The topological polar surface area (TPSA) is 77.2 Å². The van der Waals surface area contributed by atoms with Crippen LogP contribution in [0.25, 0.3) is 0 Å². The standard InChI is InChI=1S/C23H37N5O3/c1-17-5-6-21(18(2)15-17)25-22(29)24-10-12-28(19-8-13-31-14-9-19)20-7-11-27(16-20)23(30)26(3)4/h5-6,15,19-20H,7-14,16H2,1-4H3,(H2,24,25,29). The largest absolute Gasteiger partial charge is 0.381 e. The zero-order chi connectivity index (χ0) is 22.4. The molecule has 2 fully saturated rings. The summed E-state index contributed by atoms with van der Waals surface area (Å²) in [5, 5.41) is 5.95. The molecule has 4 amide bonds. The summed E-state index contributed by atoms with van der Waals surface area (Å²) in [5.74, 6) is 0. The Bertz CT molecular complexity index is 764. The van der Waals surface area contributed by atoms with Crippen LogP contribution in [-0.4, -0.2) is 92.3 Å². The summed E-state index contributed by atoms with van der Waals surface area (Å²) in [5.41, 5.74) is 3.06. The fourth-order valence-corrected chi connectivity index (χ4v) is 4.57. The smallest absolute Gasteiger partial charge is 0.319 e. The minimum absolute atomic E-state index is 0.0698. The molecule has 8 heteroatoms. The van der Waals surface area contributed by atoms with E-state index in [1.54, 1.807) is 19.0 Å². The van der Waals surface area contributed by atoms with Crippen molar-refractivity contribution in [1.29, 1.82) is 0 Å². The summed E-state index contributed by atoms with van der Waals surface area (Å²) in [4.78, 5) is 30.8. The van der Waals surface area contributed by atoms with Crippen LogP contribution in [0.1, 0.15) is 30.4 Å². The molecule has 2 saturated heterocycles. The van der Waals surface area contributed by atoms with Gasteiger partial charge >= 0.3 is 12.1 Å². The van der Waals surface area contributed by atoms with Gasteiger partial charge < -0.3 is 25.2 Å². The fourth-order valence-electron chi connectivity index (χ4n) is 4.57. The van der Waals surface area contributed by atoms with E-state index in [-0.39, 0.29) is 12.1 Å². The van der Waals surface area contributed by atoms with E-state index < -0.39 is 0 Å². The summed E-state index contributed by atoms with van der Waals surface area (Å²) >= 11 is 0. The van der Waals surface area contributed by atoms with Crippen LogP contribution in [0, 0.1) is 13.8 Å². The molecule has 1 unspecified atom stereocenters. The molecule has 1 aromatic rings. The summed E-state index contributed by atoms with van der Waals surface area (Å²) < 4.78 is 5.55. The molecule has 172 valence electrons. The summed E-state index contributed by atoms with van der Waals surface area (Å²) in [6.07, 6.45) is 2.95. The molecule has 1 aromatic carbocycles. The highest BCUT2D eigenvalue weighted by Crippen LogP contribution is 2.23. The van der Waals surface area contributed by atoms with Crippen molar-refractivity contribution in [2.24, 2.45) is 0 Å². The molecule has 8 nitrogen and oxygen atoms in total. The van der Waals surface area contributed by atoms with Gasteiger partial charge in [0.15, 0.2) is 0 Å². The van der Waals surface area contributed by atoms with E-state index in [1.165, 1.54) is 5.56 Å². The Labute approximate surface area is 185 Å². The number of rotatable bonds is 6. The second-order valence-corrected chi connectivity index (χ2v) is 8.85. The van der Waals surface area contributed by atoms with Crippen molar-refractivity contribution < 1.29 is 14.3 Å². The Morgan fingerprint density at radius 2 is 1.87 bits per heavy atom. The van der Waals surface area contributed by atoms with E-state index in [0.29, 0.717) is 18.6 Å². The van der Waals surface area contributed by atoms with Crippen LogP contribution in [0.15, 0.2) is 18.2 Å². The van der Waals surface area contributed by atoms with Crippen LogP contribution in [-0.2, 0) is 4.74 Å². The first-order chi connectivity index (χ1) is 14.8. The number of carbonyl (C=O) groups is 2. The number of anilines is 1. The fraction of sp³-hybridized carbons (Fsp3) is 0.652. The molecule has 0 bridgehead atoms. The van der Waals surface area contributed by atoms with E-state index >= 15 is 0 Å². The number of likely N-dealkylation sites (tertiary alicyclic amines) is 1. The van der Waals surface area contributed by atoms with Crippen molar-refractivity contribution in [2.75, 3.05) is 58.8 Å². The first-order valence-electron chi connectivity index (χ1n) is 11.3. The Kier molecular flexibility index (Phi) is 8.15. The van der Waals surface area contributed by atoms with E-state index in [1.807, 2.05) is 30.9 Å². The first-order valence-corrected chi connectivity index (χ1v) is 11.3. The van der Waals surface area contributed by atoms with Gasteiger partial charge in [-0.05, 0) is 44.7 Å². The molecular weight excluding hydrogens is 394 g/mol. The third kappa shape index (κ3) is 6.33. The van der Waals surface area contributed by atoms with Crippen LogP contribution >= 0.6 is 0 Å². The number of carbonyl (C=O) groups excluding carboxylic acids is 2. The molecule has 2 aliphatic rings. The maximum Gasteiger partial charge on any atom is 0.319 e. The zero-order valence-corrected chi connectivity index (χ0v) is 19.3. The van der Waals surface area contributed by atoms with Gasteiger partial charge in [-0.2, -0.15) is 0 Å². The number of nitrogens with one attached hydrogen (secondary N) is 2. The number of hydrogen-bond donors (Lipinski definition) is 2. The second kappa shape index (κ2) is 10.8. The van der Waals surface area contributed by atoms with Gasteiger partial charge in [-0.1, -0.05) is 17.7 Å². The minimum atomic E-state index is -0.185. The van der Waals surface area contributed by atoms with Crippen molar-refractivity contribution in [1.82, 2.24) is 20.0 Å². The summed E-state index contributed by atoms with van der Waals surface area (Å²) in [6, 6.07) is 6.62. The molecule has 0 saturated carbocycles. The van der Waals surface area contributed by atoms with Crippen LogP contribution < -0.4 is 10.6 Å². The van der Waals surface area contributed by atoms with Crippen molar-refractivity contribution >= 4 is 17.7 Å². The average Bonchev–Trinajstić information content (AvgIpc) is 3.23. The second-order valence-electron chi connectivity index (χ2n) is 8.85. The van der Waals surface area contributed by atoms with Crippen molar-refractivity contribution in [3.05, 3.63) is 29.3 Å². The minimum Gasteiger partial charge on any atom is -0.381 e. The Balaban J connectivity index is 1.55. The highest BCUT2D eigenvalue weighted by Gasteiger charge is 2.34. The molecule has 3 rings (SSSR count). The Morgan fingerprint density at radius 3 is 2.55 bits per heavy atom. The van der Waals surface area contributed by atoms with Crippen molar-refractivity contribution in [2.45, 2.75) is 45.2 Å². The van der Waals surface area contributed by atoms with Gasteiger partial charge in [-0.3, -0.25) is 4.90 Å². The molecule has 0 radical (unpaired) electrons. The molecule has 31 heavy (non-hydrogen) atoms. The third-order valence-electron chi connectivity index (χ3n) is 6.23. The molecule has 2 aliphatic heterocycles. The van der Waals surface area contributed by atoms with Crippen molar-refractivity contribution in [3.63, 3.8) is 0 Å². The number of ether oxygens (including phenoxy) is 1. The van der Waals surface area contributed by atoms with Gasteiger partial charge in [-0.25, -0.2) is 9.59 Å². The monoisotopic (exact) mass is 431 g/mol. The predicted molar refractivity (Wildman–Crippen MR) is 123 cm³/mol. The third-order valence-corrected chi connectivity index (χ3v) is 6.23. The highest BCUT2D eigenvalue weighted by atomic mass is 16.5. The number of hydrogen-bond acceptors (Lipinski definition) is 4. The molecular formula is C23H37N5O3. The summed E-state index contributed by atoms with van der Waals surface area (Å²) in [7, 11) is 3.59. The van der Waals surface area contributed by atoms with Crippen LogP contribution in [0.5, 0.6) is 0 Å². The van der Waals surface area contributed by atoms with Gasteiger partial charge in [0.2, 0.25) is 0 Å². The van der Waals surface area contributed by atoms with Gasteiger partial charge in [0.25, 0.3) is 0 Å². The van der Waals surface area contributed by atoms with E-state index in [4.69, 9.17) is 4.74 Å². The number of amides is 4. The molecule has 0 spiro atoms. The normalized spacial score (nSPS) is 19.5. The molecule has 1 atom stereocenters. The lowest BCUT2D eigenvalue weighted by Crippen LogP contribution is -2.50. The zero-order valence-electron chi connectivity index (χ0n) is 19.3. The quantitative estimate of drug-likeness (QED) is 0.726. The Morgan fingerprint density at radius 1 is 1.13 bits per heavy atom. The number of aryl methyl sites for hydroxylation is 2. The molecule has 0 aromatic heterocycles. The maximum atomic E-state index is 12.4. The summed E-state index contributed by atoms with van der Waals surface area (Å²) in [6.45, 7) is 8.43. The molecule has 0 aliphatic carbocycles. The van der Waals surface area contributed by atoms with E-state index in [0.717, 1.165) is 63.4 Å². The predicted octanol–water partition coefficient (Wildman–Crippen LogP) is 2.66. The van der Waals surface area contributed by atoms with Gasteiger partial charge in [0.05, 0.1) is 0 Å².